The second-order valence-corrected chi connectivity index (χ2v) is 11.8. The van der Waals surface area contributed by atoms with Crippen LogP contribution in [0.25, 0.3) is 22.0 Å². The largest absolute Gasteiger partial charge is 0.294 e. The van der Waals surface area contributed by atoms with Crippen molar-refractivity contribution >= 4 is 61.7 Å². The van der Waals surface area contributed by atoms with Crippen LogP contribution in [0.15, 0.2) is 65.7 Å². The van der Waals surface area contributed by atoms with E-state index in [2.05, 4.69) is 20.0 Å². The van der Waals surface area contributed by atoms with Gasteiger partial charge in [-0.15, -0.1) is 0 Å². The minimum atomic E-state index is -3.97. The highest BCUT2D eigenvalue weighted by molar-refractivity contribution is 7.92. The Bertz CT molecular complexity index is 1600. The predicted octanol–water partition coefficient (Wildman–Crippen LogP) is 6.70. The first kappa shape index (κ1) is 25.9. The molecule has 0 atom stereocenters. The maximum absolute atomic E-state index is 13.0. The number of benzene rings is 3. The topological polar surface area (TPSA) is 101 Å². The third kappa shape index (κ3) is 5.46. The molecule has 0 aliphatic heterocycles. The summed E-state index contributed by atoms with van der Waals surface area (Å²) in [5.41, 5.74) is 2.94. The highest BCUT2D eigenvalue weighted by atomic mass is 35.5. The number of carbonyl (C=O) groups is 1. The molecule has 1 aromatic heterocycles. The zero-order valence-corrected chi connectivity index (χ0v) is 22.4. The molecule has 0 radical (unpaired) electrons. The van der Waals surface area contributed by atoms with E-state index >= 15 is 0 Å². The summed E-state index contributed by atoms with van der Waals surface area (Å²) in [5, 5.41) is 3.86. The average molecular weight is 543 g/mol. The highest BCUT2D eigenvalue weighted by Gasteiger charge is 2.22. The maximum atomic E-state index is 13.0. The van der Waals surface area contributed by atoms with Crippen molar-refractivity contribution in [2.75, 3.05) is 10.0 Å². The number of rotatable bonds is 5. The van der Waals surface area contributed by atoms with Crippen molar-refractivity contribution < 1.29 is 13.2 Å². The minimum absolute atomic E-state index is 0.0771. The molecule has 1 heterocycles. The number of hydrogen-bond acceptors (Lipinski definition) is 5. The van der Waals surface area contributed by atoms with Crippen molar-refractivity contribution in [1.29, 1.82) is 0 Å². The molecule has 0 fully saturated rings. The van der Waals surface area contributed by atoms with Crippen LogP contribution in [0.1, 0.15) is 26.3 Å². The smallest absolute Gasteiger partial charge is 0.263 e. The normalized spacial score (nSPS) is 11.9. The van der Waals surface area contributed by atoms with Crippen molar-refractivity contribution in [1.82, 2.24) is 9.97 Å². The number of aromatic nitrogens is 2. The molecule has 36 heavy (non-hydrogen) atoms. The van der Waals surface area contributed by atoms with Gasteiger partial charge in [0.25, 0.3) is 10.0 Å². The fourth-order valence-electron chi connectivity index (χ4n) is 3.49. The molecule has 0 saturated heterocycles. The molecule has 0 aliphatic rings. The van der Waals surface area contributed by atoms with E-state index in [1.807, 2.05) is 52.0 Å². The van der Waals surface area contributed by atoms with Gasteiger partial charge in [-0.25, -0.2) is 18.4 Å². The number of nitrogens with one attached hydrogen (secondary N) is 2. The van der Waals surface area contributed by atoms with Crippen LogP contribution >= 0.6 is 23.2 Å². The summed E-state index contributed by atoms with van der Waals surface area (Å²) < 4.78 is 28.7. The Labute approximate surface area is 219 Å². The summed E-state index contributed by atoms with van der Waals surface area (Å²) in [6.07, 6.45) is 1.65. The fraction of sp³-hybridized carbons (Fsp3) is 0.192. The highest BCUT2D eigenvalue weighted by Crippen LogP contribution is 2.33. The van der Waals surface area contributed by atoms with Gasteiger partial charge in [-0.05, 0) is 60.0 Å². The van der Waals surface area contributed by atoms with Crippen molar-refractivity contribution in [3.8, 4) is 11.1 Å². The Kier molecular flexibility index (Phi) is 6.96. The molecule has 0 bridgehead atoms. The first-order valence-corrected chi connectivity index (χ1v) is 13.3. The quantitative estimate of drug-likeness (QED) is 0.292. The predicted molar refractivity (Wildman–Crippen MR) is 145 cm³/mol. The molecule has 10 heteroatoms. The van der Waals surface area contributed by atoms with Gasteiger partial charge in [0, 0.05) is 22.0 Å². The summed E-state index contributed by atoms with van der Waals surface area (Å²) >= 11 is 12.1. The van der Waals surface area contributed by atoms with Gasteiger partial charge in [-0.3, -0.25) is 14.8 Å². The zero-order chi connectivity index (χ0) is 26.3. The van der Waals surface area contributed by atoms with Crippen LogP contribution in [0.4, 0.5) is 11.6 Å². The molecule has 1 amide bonds. The molecule has 186 valence electrons. The number of sulfonamides is 1. The Morgan fingerprint density at radius 2 is 1.75 bits per heavy atom. The van der Waals surface area contributed by atoms with E-state index in [4.69, 9.17) is 23.2 Å². The number of anilines is 2. The first-order chi connectivity index (χ1) is 16.8. The van der Waals surface area contributed by atoms with Crippen LogP contribution in [0, 0.1) is 12.3 Å². The molecule has 0 spiro atoms. The first-order valence-electron chi connectivity index (χ1n) is 11.0. The SMILES string of the molecule is Cc1c(NS(=O)(=O)c2cc(Cl)ccc2Cl)cccc1-c1ccc2nc(NC(=O)C(C)(C)C)ncc2c1. The van der Waals surface area contributed by atoms with E-state index in [1.54, 1.807) is 18.3 Å². The Morgan fingerprint density at radius 3 is 2.47 bits per heavy atom. The van der Waals surface area contributed by atoms with Crippen molar-refractivity contribution in [2.24, 2.45) is 5.41 Å². The van der Waals surface area contributed by atoms with Crippen molar-refractivity contribution in [2.45, 2.75) is 32.6 Å². The molecule has 3 aromatic carbocycles. The van der Waals surface area contributed by atoms with E-state index < -0.39 is 15.4 Å². The molecule has 4 aromatic rings. The molecular weight excluding hydrogens is 519 g/mol. The van der Waals surface area contributed by atoms with Crippen molar-refractivity contribution in [3.05, 3.63) is 76.4 Å². The van der Waals surface area contributed by atoms with Crippen LogP contribution in [-0.2, 0) is 14.8 Å². The van der Waals surface area contributed by atoms with E-state index in [9.17, 15) is 13.2 Å². The van der Waals surface area contributed by atoms with Gasteiger partial charge < -0.3 is 0 Å². The Morgan fingerprint density at radius 1 is 1.00 bits per heavy atom. The Hall–Kier alpha value is -3.20. The third-order valence-corrected chi connectivity index (χ3v) is 7.64. The molecule has 0 unspecified atom stereocenters. The number of amides is 1. The fourth-order valence-corrected chi connectivity index (χ4v) is 5.38. The summed E-state index contributed by atoms with van der Waals surface area (Å²) in [6.45, 7) is 7.28. The van der Waals surface area contributed by atoms with Crippen LogP contribution in [0.2, 0.25) is 10.0 Å². The number of nitrogens with zero attached hydrogens (tertiary/aromatic N) is 2. The number of fused-ring (bicyclic) bond motifs is 1. The van der Waals surface area contributed by atoms with Gasteiger partial charge in [-0.2, -0.15) is 0 Å². The lowest BCUT2D eigenvalue weighted by Crippen LogP contribution is -2.28. The third-order valence-electron chi connectivity index (χ3n) is 5.56. The van der Waals surface area contributed by atoms with Crippen LogP contribution in [-0.4, -0.2) is 24.3 Å². The number of carbonyl (C=O) groups excluding carboxylic acids is 1. The van der Waals surface area contributed by atoms with Crippen molar-refractivity contribution in [3.63, 3.8) is 0 Å². The monoisotopic (exact) mass is 542 g/mol. The Balaban J connectivity index is 1.66. The van der Waals surface area contributed by atoms with Gasteiger partial charge in [0.05, 0.1) is 16.2 Å². The molecule has 2 N–H and O–H groups in total. The second kappa shape index (κ2) is 9.69. The molecule has 0 aliphatic carbocycles. The average Bonchev–Trinajstić information content (AvgIpc) is 2.81. The lowest BCUT2D eigenvalue weighted by Gasteiger charge is -2.17. The molecular formula is C26H24Cl2N4O3S. The van der Waals surface area contributed by atoms with Crippen LogP contribution in [0.3, 0.4) is 0 Å². The van der Waals surface area contributed by atoms with Crippen LogP contribution in [0.5, 0.6) is 0 Å². The van der Waals surface area contributed by atoms with E-state index in [1.165, 1.54) is 18.2 Å². The van der Waals surface area contributed by atoms with Gasteiger partial charge in [0.15, 0.2) is 0 Å². The molecule has 0 saturated carbocycles. The summed E-state index contributed by atoms with van der Waals surface area (Å²) in [6, 6.07) is 15.3. The summed E-state index contributed by atoms with van der Waals surface area (Å²) in [4.78, 5) is 20.9. The van der Waals surface area contributed by atoms with Crippen LogP contribution < -0.4 is 10.0 Å². The molecule has 4 rings (SSSR count). The minimum Gasteiger partial charge on any atom is -0.294 e. The van der Waals surface area contributed by atoms with Gasteiger partial charge in [-0.1, -0.05) is 62.2 Å². The zero-order valence-electron chi connectivity index (χ0n) is 20.1. The number of halogens is 2. The standard InChI is InChI=1S/C26H24Cl2N4O3S/c1-15-19(6-5-7-21(15)32-36(34,35)23-13-18(27)9-10-20(23)28)16-8-11-22-17(12-16)14-29-25(30-22)31-24(33)26(2,3)4/h5-14,32H,1-4H3,(H,29,30,31,33). The summed E-state index contributed by atoms with van der Waals surface area (Å²) in [5.74, 6) is 0.0647. The van der Waals surface area contributed by atoms with Gasteiger partial charge in [0.1, 0.15) is 4.90 Å². The number of hydrogen-bond donors (Lipinski definition) is 2. The lowest BCUT2D eigenvalue weighted by molar-refractivity contribution is -0.123. The second-order valence-electron chi connectivity index (χ2n) is 9.33. The van der Waals surface area contributed by atoms with Gasteiger partial charge in [0.2, 0.25) is 11.9 Å². The van der Waals surface area contributed by atoms with E-state index in [0.717, 1.165) is 22.1 Å². The lowest BCUT2D eigenvalue weighted by atomic mass is 9.96. The van der Waals surface area contributed by atoms with E-state index in [0.29, 0.717) is 11.2 Å². The summed E-state index contributed by atoms with van der Waals surface area (Å²) in [7, 11) is -3.97. The molecule has 7 nitrogen and oxygen atoms in total. The maximum Gasteiger partial charge on any atom is 0.263 e. The van der Waals surface area contributed by atoms with E-state index in [-0.39, 0.29) is 26.8 Å². The van der Waals surface area contributed by atoms with Gasteiger partial charge >= 0.3 is 0 Å².